The molecule has 1 N–H and O–H groups in total. The van der Waals surface area contributed by atoms with Gasteiger partial charge in [-0.05, 0) is 56.9 Å². The Morgan fingerprint density at radius 2 is 1.59 bits per heavy atom. The molecule has 0 saturated carbocycles. The van der Waals surface area contributed by atoms with E-state index < -0.39 is 34.6 Å². The van der Waals surface area contributed by atoms with Gasteiger partial charge in [-0.2, -0.15) is 0 Å². The average Bonchev–Trinajstić information content (AvgIpc) is 3.24. The van der Waals surface area contributed by atoms with Crippen molar-refractivity contribution in [2.45, 2.75) is 103 Å². The van der Waals surface area contributed by atoms with Crippen molar-refractivity contribution >= 4 is 17.7 Å². The molecule has 1 spiro atoms. The number of rotatable bonds is 10. The Morgan fingerprint density at radius 3 is 2.25 bits per heavy atom. The highest BCUT2D eigenvalue weighted by atomic mass is 16.5. The number of benzene rings is 1. The number of fused-ring (bicyclic) bond motifs is 2. The van der Waals surface area contributed by atoms with Crippen LogP contribution in [-0.4, -0.2) is 86.6 Å². The van der Waals surface area contributed by atoms with E-state index in [9.17, 15) is 19.5 Å². The van der Waals surface area contributed by atoms with E-state index in [0.717, 1.165) is 18.4 Å². The van der Waals surface area contributed by atoms with Gasteiger partial charge in [-0.25, -0.2) is 0 Å². The monoisotopic (exact) mass is 605 g/mol. The number of hydrogen-bond donors (Lipinski definition) is 1. The fourth-order valence-electron chi connectivity index (χ4n) is 8.50. The van der Waals surface area contributed by atoms with Crippen LogP contribution >= 0.6 is 0 Å². The van der Waals surface area contributed by atoms with E-state index in [1.807, 2.05) is 71.4 Å². The minimum atomic E-state index is -1.26. The van der Waals surface area contributed by atoms with Crippen LogP contribution in [0.15, 0.2) is 54.6 Å². The number of carbonyl (C=O) groups is 3. The van der Waals surface area contributed by atoms with E-state index in [2.05, 4.69) is 34.6 Å². The van der Waals surface area contributed by atoms with E-state index in [1.54, 1.807) is 4.90 Å². The molecule has 240 valence electrons. The van der Waals surface area contributed by atoms with Crippen LogP contribution in [0.25, 0.3) is 0 Å². The number of likely N-dealkylation sites (tertiary alicyclic amines) is 1. The minimum absolute atomic E-state index is 0.0156. The van der Waals surface area contributed by atoms with Crippen LogP contribution in [-0.2, 0) is 25.7 Å². The van der Waals surface area contributed by atoms with Crippen molar-refractivity contribution in [3.05, 3.63) is 60.2 Å². The van der Waals surface area contributed by atoms with Gasteiger partial charge in [0.1, 0.15) is 11.6 Å². The predicted octanol–water partition coefficient (Wildman–Crippen LogP) is 4.72. The maximum Gasteiger partial charge on any atom is 0.249 e. The average molecular weight is 606 g/mol. The molecule has 0 radical (unpaired) electrons. The Bertz CT molecular complexity index is 1300. The van der Waals surface area contributed by atoms with Gasteiger partial charge in [0.2, 0.25) is 17.7 Å². The summed E-state index contributed by atoms with van der Waals surface area (Å²) in [5.74, 6) is -1.98. The van der Waals surface area contributed by atoms with Gasteiger partial charge in [0, 0.05) is 38.3 Å². The lowest BCUT2D eigenvalue weighted by Crippen LogP contribution is -2.60. The first-order chi connectivity index (χ1) is 20.8. The lowest BCUT2D eigenvalue weighted by molar-refractivity contribution is -0.157. The number of carbonyl (C=O) groups excluding carboxylic acids is 3. The van der Waals surface area contributed by atoms with E-state index in [-0.39, 0.29) is 29.7 Å². The number of ether oxygens (including phenoxy) is 1. The first kappa shape index (κ1) is 32.4. The van der Waals surface area contributed by atoms with E-state index >= 15 is 0 Å². The molecule has 8 nitrogen and oxygen atoms in total. The van der Waals surface area contributed by atoms with Gasteiger partial charge >= 0.3 is 0 Å². The number of hydrogen-bond acceptors (Lipinski definition) is 5. The fraction of sp³-hybridized carbons (Fsp3) is 0.639. The van der Waals surface area contributed by atoms with Crippen LogP contribution in [0, 0.1) is 17.3 Å². The van der Waals surface area contributed by atoms with Crippen molar-refractivity contribution in [1.29, 1.82) is 0 Å². The van der Waals surface area contributed by atoms with Crippen LogP contribution in [0.2, 0.25) is 0 Å². The second-order valence-corrected chi connectivity index (χ2v) is 14.9. The van der Waals surface area contributed by atoms with Gasteiger partial charge in [-0.15, -0.1) is 0 Å². The van der Waals surface area contributed by atoms with Crippen LogP contribution in [0.4, 0.5) is 0 Å². The molecule has 2 saturated heterocycles. The molecule has 4 heterocycles. The molecule has 8 heteroatoms. The summed E-state index contributed by atoms with van der Waals surface area (Å²) in [7, 11) is 0. The summed E-state index contributed by atoms with van der Waals surface area (Å²) in [4.78, 5) is 49.6. The Kier molecular flexibility index (Phi) is 8.91. The van der Waals surface area contributed by atoms with Crippen molar-refractivity contribution in [2.75, 3.05) is 26.2 Å². The van der Waals surface area contributed by atoms with Crippen molar-refractivity contribution in [2.24, 2.45) is 17.3 Å². The zero-order valence-electron chi connectivity index (χ0n) is 27.4. The molecule has 3 amide bonds. The first-order valence-corrected chi connectivity index (χ1v) is 16.4. The van der Waals surface area contributed by atoms with E-state index in [1.165, 1.54) is 0 Å². The molecule has 5 rings (SSSR count). The van der Waals surface area contributed by atoms with Gasteiger partial charge < -0.3 is 24.5 Å². The smallest absolute Gasteiger partial charge is 0.249 e. The molecule has 0 aromatic heterocycles. The molecule has 0 bridgehead atoms. The summed E-state index contributed by atoms with van der Waals surface area (Å²) in [6, 6.07) is 9.03. The van der Waals surface area contributed by atoms with Gasteiger partial charge in [0.25, 0.3) is 0 Å². The van der Waals surface area contributed by atoms with E-state index in [0.29, 0.717) is 45.4 Å². The molecular weight excluding hydrogens is 554 g/mol. The Hall–Kier alpha value is -2.97. The highest BCUT2D eigenvalue weighted by Gasteiger charge is 2.75. The molecule has 5 atom stereocenters. The number of unbranched alkanes of at least 4 members (excludes halogenated alkanes) is 2. The van der Waals surface area contributed by atoms with Crippen molar-refractivity contribution in [3.8, 4) is 0 Å². The third kappa shape index (κ3) is 5.64. The largest absolute Gasteiger partial charge is 0.396 e. The van der Waals surface area contributed by atoms with E-state index in [4.69, 9.17) is 4.74 Å². The molecular formula is C36H51N3O5. The molecule has 0 aliphatic carbocycles. The first-order valence-electron chi connectivity index (χ1n) is 16.4. The predicted molar refractivity (Wildman–Crippen MR) is 170 cm³/mol. The Balaban J connectivity index is 1.58. The van der Waals surface area contributed by atoms with Crippen LogP contribution < -0.4 is 0 Å². The topological polar surface area (TPSA) is 90.4 Å². The standard InChI is InChI=1S/C36H51N3O5/c1-7-35-18-14-20-37(24-26-16-10-8-11-17-26)30(41)27(35)28-31(42)38(21-12-9-13-23-40)29-32(43)39(22-15-19-36(28,29)44-35)34(5,6)25-33(2,3)4/h8,10-11,14-19,27-29,40H,7,9,12-13,20-25H2,1-6H3/t27-,28+,29?,35+,36+/m1/s1. The van der Waals surface area contributed by atoms with Crippen molar-refractivity contribution in [1.82, 2.24) is 14.7 Å². The third-order valence-corrected chi connectivity index (χ3v) is 9.99. The number of amides is 3. The third-order valence-electron chi connectivity index (χ3n) is 9.99. The second-order valence-electron chi connectivity index (χ2n) is 14.9. The summed E-state index contributed by atoms with van der Waals surface area (Å²) in [6.07, 6.45) is 11.3. The maximum atomic E-state index is 14.9. The van der Waals surface area contributed by atoms with Gasteiger partial charge in [-0.3, -0.25) is 14.4 Å². The molecule has 1 aromatic carbocycles. The molecule has 1 aromatic rings. The summed E-state index contributed by atoms with van der Waals surface area (Å²) in [5.41, 5.74) is -1.71. The maximum absolute atomic E-state index is 14.9. The fourth-order valence-corrected chi connectivity index (χ4v) is 8.50. The lowest BCUT2D eigenvalue weighted by atomic mass is 9.72. The van der Waals surface area contributed by atoms with Crippen molar-refractivity contribution in [3.63, 3.8) is 0 Å². The zero-order chi connectivity index (χ0) is 31.9. The molecule has 4 aliphatic rings. The number of aliphatic hydroxyl groups excluding tert-OH is 1. The van der Waals surface area contributed by atoms with Crippen LogP contribution in [0.5, 0.6) is 0 Å². The summed E-state index contributed by atoms with van der Waals surface area (Å²) >= 11 is 0. The van der Waals surface area contributed by atoms with Crippen molar-refractivity contribution < 1.29 is 24.2 Å². The zero-order valence-corrected chi connectivity index (χ0v) is 27.4. The molecule has 1 unspecified atom stereocenters. The summed E-state index contributed by atoms with van der Waals surface area (Å²) < 4.78 is 7.14. The molecule has 4 aliphatic heterocycles. The quantitative estimate of drug-likeness (QED) is 0.308. The van der Waals surface area contributed by atoms with Crippen LogP contribution in [0.1, 0.15) is 79.2 Å². The van der Waals surface area contributed by atoms with Gasteiger partial charge in [0.05, 0.1) is 17.4 Å². The number of nitrogens with zero attached hydrogens (tertiary/aromatic N) is 3. The SMILES string of the molecule is CC[C@]12C=CCN(Cc3ccccc3)C(=O)[C@H]1[C@H]1C(=O)N(CCCCCO)C3C(=O)N(C(C)(C)CC(C)(C)C)CC=C[C@@]31O2. The second kappa shape index (κ2) is 12.1. The number of aliphatic hydroxyl groups is 1. The summed E-state index contributed by atoms with van der Waals surface area (Å²) in [6.45, 7) is 14.5. The Labute approximate surface area is 263 Å². The van der Waals surface area contributed by atoms with Gasteiger partial charge in [-0.1, -0.05) is 82.3 Å². The van der Waals surface area contributed by atoms with Gasteiger partial charge in [0.15, 0.2) is 0 Å². The minimum Gasteiger partial charge on any atom is -0.396 e. The van der Waals surface area contributed by atoms with Crippen LogP contribution in [0.3, 0.4) is 0 Å². The Morgan fingerprint density at radius 1 is 0.886 bits per heavy atom. The molecule has 2 fully saturated rings. The summed E-state index contributed by atoms with van der Waals surface area (Å²) in [5, 5.41) is 9.38. The normalized spacial score (nSPS) is 30.4. The lowest BCUT2D eigenvalue weighted by Gasteiger charge is -2.45. The highest BCUT2D eigenvalue weighted by molar-refractivity contribution is 6.00. The highest BCUT2D eigenvalue weighted by Crippen LogP contribution is 2.59. The molecule has 44 heavy (non-hydrogen) atoms.